The van der Waals surface area contributed by atoms with Gasteiger partial charge in [0.05, 0.1) is 17.0 Å². The van der Waals surface area contributed by atoms with Crippen LogP contribution in [0.25, 0.3) is 0 Å². The van der Waals surface area contributed by atoms with Crippen molar-refractivity contribution in [3.63, 3.8) is 0 Å². The van der Waals surface area contributed by atoms with E-state index in [1.165, 1.54) is 0 Å². The Bertz CT molecular complexity index is 520. The van der Waals surface area contributed by atoms with Crippen LogP contribution in [-0.4, -0.2) is 61.9 Å². The molecule has 126 valence electrons. The van der Waals surface area contributed by atoms with Crippen molar-refractivity contribution in [1.82, 2.24) is 15.5 Å². The molecule has 3 amide bonds. The molecule has 0 aromatic rings. The summed E-state index contributed by atoms with van der Waals surface area (Å²) < 4.78 is 24.3. The lowest BCUT2D eigenvalue weighted by atomic mass is 10.1. The second-order valence-corrected chi connectivity index (χ2v) is 8.60. The molecule has 22 heavy (non-hydrogen) atoms. The molecule has 7 nitrogen and oxygen atoms in total. The van der Waals surface area contributed by atoms with Crippen molar-refractivity contribution in [3.05, 3.63) is 0 Å². The van der Waals surface area contributed by atoms with Gasteiger partial charge in [0, 0.05) is 13.1 Å². The first kappa shape index (κ1) is 17.2. The van der Waals surface area contributed by atoms with Gasteiger partial charge in [-0.05, 0) is 32.2 Å². The molecular formula is C14H25N3O4S. The Labute approximate surface area is 131 Å². The summed E-state index contributed by atoms with van der Waals surface area (Å²) in [7, 11) is -3.02. The minimum Gasteiger partial charge on any atom is -0.338 e. The van der Waals surface area contributed by atoms with Crippen molar-refractivity contribution in [2.45, 2.75) is 49.5 Å². The predicted octanol–water partition coefficient (Wildman–Crippen LogP) is 0.264. The quantitative estimate of drug-likeness (QED) is 0.705. The van der Waals surface area contributed by atoms with Crippen molar-refractivity contribution in [1.29, 1.82) is 0 Å². The summed E-state index contributed by atoms with van der Waals surface area (Å²) in [6.45, 7) is 3.61. The van der Waals surface area contributed by atoms with Crippen molar-refractivity contribution in [2.75, 3.05) is 26.2 Å². The third-order valence-corrected chi connectivity index (χ3v) is 7.12. The maximum absolute atomic E-state index is 12.2. The van der Waals surface area contributed by atoms with E-state index >= 15 is 0 Å². The number of likely N-dealkylation sites (tertiary alicyclic amines) is 1. The van der Waals surface area contributed by atoms with E-state index in [1.54, 1.807) is 0 Å². The van der Waals surface area contributed by atoms with Crippen LogP contribution in [-0.2, 0) is 14.6 Å². The number of urea groups is 1. The van der Waals surface area contributed by atoms with Gasteiger partial charge in [0.1, 0.15) is 0 Å². The summed E-state index contributed by atoms with van der Waals surface area (Å²) in [5.41, 5.74) is 0. The maximum Gasteiger partial charge on any atom is 0.321 e. The molecular weight excluding hydrogens is 306 g/mol. The third kappa shape index (κ3) is 4.19. The van der Waals surface area contributed by atoms with Crippen molar-refractivity contribution in [3.8, 4) is 0 Å². The van der Waals surface area contributed by atoms with Crippen LogP contribution in [0.1, 0.15) is 39.0 Å². The first-order valence-electron chi connectivity index (χ1n) is 7.96. The second-order valence-electron chi connectivity index (χ2n) is 6.09. The Morgan fingerprint density at radius 3 is 2.64 bits per heavy atom. The largest absolute Gasteiger partial charge is 0.338 e. The Hall–Kier alpha value is -1.15. The predicted molar refractivity (Wildman–Crippen MR) is 83.2 cm³/mol. The van der Waals surface area contributed by atoms with Gasteiger partial charge in [0.15, 0.2) is 9.84 Å². The number of fused-ring (bicyclic) bond motifs is 2. The summed E-state index contributed by atoms with van der Waals surface area (Å²) in [6, 6.07) is -0.484. The number of nitrogens with zero attached hydrogens (tertiary/aromatic N) is 1. The van der Waals surface area contributed by atoms with Crippen LogP contribution in [0.2, 0.25) is 0 Å². The average Bonchev–Trinajstić information content (AvgIpc) is 2.62. The molecule has 2 aliphatic rings. The SMILES string of the molecule is CCCCNC(=O)NC(=O)CN1CCC2CCC(C1)S2(=O)=O. The Kier molecular flexibility index (Phi) is 5.80. The zero-order valence-electron chi connectivity index (χ0n) is 13.0. The molecule has 0 spiro atoms. The van der Waals surface area contributed by atoms with E-state index in [9.17, 15) is 18.0 Å². The molecule has 2 N–H and O–H groups in total. The number of hydrogen-bond acceptors (Lipinski definition) is 5. The lowest BCUT2D eigenvalue weighted by Gasteiger charge is -2.22. The smallest absolute Gasteiger partial charge is 0.321 e. The van der Waals surface area contributed by atoms with Gasteiger partial charge in [-0.3, -0.25) is 15.0 Å². The fourth-order valence-corrected chi connectivity index (χ4v) is 5.44. The normalized spacial score (nSPS) is 27.1. The van der Waals surface area contributed by atoms with E-state index in [2.05, 4.69) is 10.6 Å². The van der Waals surface area contributed by atoms with Crippen LogP contribution in [0.15, 0.2) is 0 Å². The topological polar surface area (TPSA) is 95.6 Å². The Balaban J connectivity index is 1.79. The van der Waals surface area contributed by atoms with E-state index in [1.807, 2.05) is 11.8 Å². The molecule has 2 saturated heterocycles. The van der Waals surface area contributed by atoms with Crippen LogP contribution in [0.4, 0.5) is 4.79 Å². The molecule has 2 aliphatic heterocycles. The molecule has 0 aliphatic carbocycles. The number of unbranched alkanes of at least 4 members (excludes halogenated alkanes) is 1. The molecule has 2 unspecified atom stereocenters. The minimum absolute atomic E-state index is 0.0694. The standard InChI is InChI=1S/C14H25N3O4S/c1-2-3-7-15-14(19)16-13(18)10-17-8-6-11-4-5-12(9-17)22(11,20)21/h11-12H,2-10H2,1H3,(H2,15,16,18,19). The molecule has 0 aromatic heterocycles. The van der Waals surface area contributed by atoms with Crippen LogP contribution < -0.4 is 10.6 Å². The fraction of sp³-hybridized carbons (Fsp3) is 0.857. The van der Waals surface area contributed by atoms with Gasteiger partial charge in [-0.2, -0.15) is 0 Å². The van der Waals surface area contributed by atoms with Crippen molar-refractivity contribution < 1.29 is 18.0 Å². The van der Waals surface area contributed by atoms with E-state index in [0.29, 0.717) is 32.5 Å². The van der Waals surface area contributed by atoms with Crippen LogP contribution in [0.5, 0.6) is 0 Å². The molecule has 2 atom stereocenters. The lowest BCUT2D eigenvalue weighted by Crippen LogP contribution is -2.46. The highest BCUT2D eigenvalue weighted by molar-refractivity contribution is 7.93. The number of hydrogen-bond donors (Lipinski definition) is 2. The Morgan fingerprint density at radius 1 is 1.18 bits per heavy atom. The zero-order valence-corrected chi connectivity index (χ0v) is 13.8. The third-order valence-electron chi connectivity index (χ3n) is 4.41. The highest BCUT2D eigenvalue weighted by Crippen LogP contribution is 2.32. The van der Waals surface area contributed by atoms with Crippen LogP contribution in [0.3, 0.4) is 0 Å². The van der Waals surface area contributed by atoms with Crippen LogP contribution >= 0.6 is 0 Å². The fourth-order valence-electron chi connectivity index (χ4n) is 3.12. The van der Waals surface area contributed by atoms with Crippen LogP contribution in [0, 0.1) is 0 Å². The first-order valence-corrected chi connectivity index (χ1v) is 9.57. The molecule has 0 aromatic carbocycles. The average molecular weight is 331 g/mol. The maximum atomic E-state index is 12.2. The monoisotopic (exact) mass is 331 g/mol. The summed E-state index contributed by atoms with van der Waals surface area (Å²) in [4.78, 5) is 25.2. The van der Waals surface area contributed by atoms with Crippen molar-refractivity contribution >= 4 is 21.8 Å². The van der Waals surface area contributed by atoms with Gasteiger partial charge in [0.2, 0.25) is 5.91 Å². The van der Waals surface area contributed by atoms with E-state index in [-0.39, 0.29) is 23.0 Å². The number of rotatable bonds is 5. The summed E-state index contributed by atoms with van der Waals surface area (Å²) in [5, 5.41) is 4.31. The second kappa shape index (κ2) is 7.41. The molecule has 2 fully saturated rings. The van der Waals surface area contributed by atoms with E-state index < -0.39 is 15.9 Å². The molecule has 8 heteroatoms. The van der Waals surface area contributed by atoms with Gasteiger partial charge >= 0.3 is 6.03 Å². The van der Waals surface area contributed by atoms with Gasteiger partial charge < -0.3 is 5.32 Å². The molecule has 2 bridgehead atoms. The number of nitrogens with one attached hydrogen (secondary N) is 2. The first-order chi connectivity index (χ1) is 10.4. The van der Waals surface area contributed by atoms with Gasteiger partial charge in [0.25, 0.3) is 0 Å². The Morgan fingerprint density at radius 2 is 1.91 bits per heavy atom. The number of carbonyl (C=O) groups excluding carboxylic acids is 2. The highest BCUT2D eigenvalue weighted by atomic mass is 32.2. The summed E-state index contributed by atoms with van der Waals surface area (Å²) >= 11 is 0. The van der Waals surface area contributed by atoms with E-state index in [4.69, 9.17) is 0 Å². The van der Waals surface area contributed by atoms with Gasteiger partial charge in [-0.15, -0.1) is 0 Å². The number of amides is 3. The summed E-state index contributed by atoms with van der Waals surface area (Å²) in [6.07, 6.45) is 3.85. The molecule has 0 saturated carbocycles. The minimum atomic E-state index is -3.02. The molecule has 0 radical (unpaired) electrons. The van der Waals surface area contributed by atoms with Gasteiger partial charge in [-0.1, -0.05) is 13.3 Å². The van der Waals surface area contributed by atoms with Gasteiger partial charge in [-0.25, -0.2) is 13.2 Å². The highest BCUT2D eigenvalue weighted by Gasteiger charge is 2.43. The molecule has 2 rings (SSSR count). The number of imide groups is 1. The van der Waals surface area contributed by atoms with Crippen molar-refractivity contribution in [2.24, 2.45) is 0 Å². The molecule has 2 heterocycles. The lowest BCUT2D eigenvalue weighted by molar-refractivity contribution is -0.121. The number of sulfone groups is 1. The summed E-state index contributed by atoms with van der Waals surface area (Å²) in [5.74, 6) is -0.385. The zero-order chi connectivity index (χ0) is 16.2. The van der Waals surface area contributed by atoms with E-state index in [0.717, 1.165) is 19.3 Å². The number of carbonyl (C=O) groups is 2.